The van der Waals surface area contributed by atoms with E-state index in [1.807, 2.05) is 32.2 Å². The zero-order valence-corrected chi connectivity index (χ0v) is 11.5. The van der Waals surface area contributed by atoms with Gasteiger partial charge in [0.15, 0.2) is 5.84 Å². The van der Waals surface area contributed by atoms with Gasteiger partial charge in [-0.05, 0) is 37.5 Å². The molecule has 1 fully saturated rings. The Morgan fingerprint density at radius 1 is 1.58 bits per heavy atom. The van der Waals surface area contributed by atoms with Crippen LogP contribution in [0.25, 0.3) is 0 Å². The van der Waals surface area contributed by atoms with Crippen LogP contribution < -0.4 is 10.6 Å². The fourth-order valence-corrected chi connectivity index (χ4v) is 2.42. The van der Waals surface area contributed by atoms with E-state index in [2.05, 4.69) is 10.1 Å². The maximum atomic E-state index is 8.87. The lowest BCUT2D eigenvalue weighted by Gasteiger charge is -2.25. The number of benzene rings is 1. The Morgan fingerprint density at radius 2 is 2.37 bits per heavy atom. The first-order chi connectivity index (χ1) is 9.11. The molecule has 1 aromatic rings. The molecule has 5 heteroatoms. The van der Waals surface area contributed by atoms with Gasteiger partial charge in [-0.25, -0.2) is 0 Å². The van der Waals surface area contributed by atoms with Crippen molar-refractivity contribution in [1.29, 1.82) is 0 Å². The summed E-state index contributed by atoms with van der Waals surface area (Å²) in [6.07, 6.45) is 2.49. The first-order valence-electron chi connectivity index (χ1n) is 6.53. The molecule has 0 radical (unpaired) electrons. The summed E-state index contributed by atoms with van der Waals surface area (Å²) in [4.78, 5) is 2.11. The van der Waals surface area contributed by atoms with Crippen molar-refractivity contribution in [3.63, 3.8) is 0 Å². The molecular weight excluding hydrogens is 242 g/mol. The molecule has 1 aliphatic heterocycles. The standard InChI is InChI=1S/C14H21N3O2/c1-10-5-6-12(14(15)16-18)13(8-10)17(2)9-11-4-3-7-19-11/h5-6,8,11,18H,3-4,7,9H2,1-2H3,(H2,15,16). The zero-order valence-electron chi connectivity index (χ0n) is 11.5. The van der Waals surface area contributed by atoms with Crippen molar-refractivity contribution in [3.05, 3.63) is 29.3 Å². The third-order valence-electron chi connectivity index (χ3n) is 3.45. The van der Waals surface area contributed by atoms with Crippen molar-refractivity contribution in [2.45, 2.75) is 25.9 Å². The molecule has 1 unspecified atom stereocenters. The van der Waals surface area contributed by atoms with E-state index in [0.717, 1.165) is 42.8 Å². The summed E-state index contributed by atoms with van der Waals surface area (Å²) in [5.41, 5.74) is 8.58. The van der Waals surface area contributed by atoms with E-state index in [9.17, 15) is 0 Å². The second-order valence-corrected chi connectivity index (χ2v) is 5.02. The third-order valence-corrected chi connectivity index (χ3v) is 3.45. The van der Waals surface area contributed by atoms with Gasteiger partial charge < -0.3 is 20.6 Å². The van der Waals surface area contributed by atoms with Gasteiger partial charge in [-0.3, -0.25) is 0 Å². The van der Waals surface area contributed by atoms with E-state index in [0.29, 0.717) is 0 Å². The molecule has 0 amide bonds. The second kappa shape index (κ2) is 5.93. The lowest BCUT2D eigenvalue weighted by molar-refractivity contribution is 0.116. The van der Waals surface area contributed by atoms with Crippen LogP contribution in [-0.4, -0.2) is 37.3 Å². The average molecular weight is 263 g/mol. The molecule has 1 aromatic carbocycles. The first kappa shape index (κ1) is 13.7. The van der Waals surface area contributed by atoms with Crippen molar-refractivity contribution in [2.75, 3.05) is 25.1 Å². The van der Waals surface area contributed by atoms with Gasteiger partial charge in [-0.2, -0.15) is 0 Å². The molecular formula is C14H21N3O2. The molecule has 0 spiro atoms. The van der Waals surface area contributed by atoms with E-state index in [1.165, 1.54) is 0 Å². The zero-order chi connectivity index (χ0) is 13.8. The summed E-state index contributed by atoms with van der Waals surface area (Å²) in [5.74, 6) is 0.134. The molecule has 5 nitrogen and oxygen atoms in total. The van der Waals surface area contributed by atoms with E-state index in [1.54, 1.807) is 0 Å². The summed E-state index contributed by atoms with van der Waals surface area (Å²) >= 11 is 0. The highest BCUT2D eigenvalue weighted by molar-refractivity contribution is 6.02. The minimum atomic E-state index is 0.134. The molecule has 104 valence electrons. The van der Waals surface area contributed by atoms with E-state index in [-0.39, 0.29) is 11.9 Å². The summed E-state index contributed by atoms with van der Waals surface area (Å²) in [6, 6.07) is 5.88. The highest BCUT2D eigenvalue weighted by Gasteiger charge is 2.19. The summed E-state index contributed by atoms with van der Waals surface area (Å²) < 4.78 is 5.65. The number of hydrogen-bond donors (Lipinski definition) is 2. The van der Waals surface area contributed by atoms with Crippen molar-refractivity contribution < 1.29 is 9.94 Å². The van der Waals surface area contributed by atoms with Crippen molar-refractivity contribution in [3.8, 4) is 0 Å². The molecule has 1 saturated heterocycles. The predicted octanol–water partition coefficient (Wildman–Crippen LogP) is 1.70. The predicted molar refractivity (Wildman–Crippen MR) is 75.9 cm³/mol. The number of amidine groups is 1. The first-order valence-corrected chi connectivity index (χ1v) is 6.53. The molecule has 0 aliphatic carbocycles. The average Bonchev–Trinajstić information content (AvgIpc) is 2.90. The van der Waals surface area contributed by atoms with Crippen LogP contribution in [-0.2, 0) is 4.74 Å². The molecule has 0 bridgehead atoms. The topological polar surface area (TPSA) is 71.1 Å². The van der Waals surface area contributed by atoms with Gasteiger partial charge in [0.1, 0.15) is 0 Å². The summed E-state index contributed by atoms with van der Waals surface area (Å²) in [7, 11) is 2.00. The molecule has 1 atom stereocenters. The number of likely N-dealkylation sites (N-methyl/N-ethyl adjacent to an activating group) is 1. The lowest BCUT2D eigenvalue weighted by atomic mass is 10.1. The number of hydrogen-bond acceptors (Lipinski definition) is 4. The number of aryl methyl sites for hydroxylation is 1. The number of oxime groups is 1. The lowest BCUT2D eigenvalue weighted by Crippen LogP contribution is -2.30. The van der Waals surface area contributed by atoms with Crippen molar-refractivity contribution in [2.24, 2.45) is 10.9 Å². The van der Waals surface area contributed by atoms with Gasteiger partial charge in [-0.15, -0.1) is 0 Å². The largest absolute Gasteiger partial charge is 0.409 e. The van der Waals surface area contributed by atoms with Crippen LogP contribution in [0.2, 0.25) is 0 Å². The molecule has 0 saturated carbocycles. The van der Waals surface area contributed by atoms with Crippen molar-refractivity contribution >= 4 is 11.5 Å². The smallest absolute Gasteiger partial charge is 0.172 e. The van der Waals surface area contributed by atoms with Crippen molar-refractivity contribution in [1.82, 2.24) is 0 Å². The highest BCUT2D eigenvalue weighted by Crippen LogP contribution is 2.23. The maximum absolute atomic E-state index is 8.87. The fraction of sp³-hybridized carbons (Fsp3) is 0.500. The molecule has 2 rings (SSSR count). The molecule has 1 aliphatic rings. The van der Waals surface area contributed by atoms with Crippen LogP contribution in [0, 0.1) is 6.92 Å². The Morgan fingerprint density at radius 3 is 3.00 bits per heavy atom. The number of nitrogens with two attached hydrogens (primary N) is 1. The van der Waals surface area contributed by atoms with Gasteiger partial charge in [0.2, 0.25) is 0 Å². The Hall–Kier alpha value is -1.75. The Kier molecular flexibility index (Phi) is 4.27. The van der Waals surface area contributed by atoms with Crippen LogP contribution in [0.5, 0.6) is 0 Å². The minimum absolute atomic E-state index is 0.134. The van der Waals surface area contributed by atoms with Gasteiger partial charge in [-0.1, -0.05) is 11.2 Å². The molecule has 0 aromatic heterocycles. The molecule has 3 N–H and O–H groups in total. The second-order valence-electron chi connectivity index (χ2n) is 5.02. The van der Waals surface area contributed by atoms with E-state index in [4.69, 9.17) is 15.7 Å². The third kappa shape index (κ3) is 3.17. The number of nitrogens with zero attached hydrogens (tertiary/aromatic N) is 2. The quantitative estimate of drug-likeness (QED) is 0.375. The minimum Gasteiger partial charge on any atom is -0.409 e. The number of rotatable bonds is 4. The Balaban J connectivity index is 2.23. The summed E-state index contributed by atoms with van der Waals surface area (Å²) in [6.45, 7) is 3.69. The van der Waals surface area contributed by atoms with Crippen LogP contribution in [0.3, 0.4) is 0 Å². The van der Waals surface area contributed by atoms with E-state index < -0.39 is 0 Å². The van der Waals surface area contributed by atoms with E-state index >= 15 is 0 Å². The van der Waals surface area contributed by atoms with Crippen LogP contribution >= 0.6 is 0 Å². The van der Waals surface area contributed by atoms with Gasteiger partial charge in [0.05, 0.1) is 6.10 Å². The molecule has 19 heavy (non-hydrogen) atoms. The number of ether oxygens (including phenoxy) is 1. The Bertz CT molecular complexity index is 468. The molecule has 1 heterocycles. The highest BCUT2D eigenvalue weighted by atomic mass is 16.5. The van der Waals surface area contributed by atoms with Gasteiger partial charge >= 0.3 is 0 Å². The monoisotopic (exact) mass is 263 g/mol. The maximum Gasteiger partial charge on any atom is 0.172 e. The van der Waals surface area contributed by atoms with Crippen LogP contribution in [0.4, 0.5) is 5.69 Å². The SMILES string of the molecule is Cc1ccc(C(N)=NO)c(N(C)CC2CCCO2)c1. The Labute approximate surface area is 113 Å². The van der Waals surface area contributed by atoms with Gasteiger partial charge in [0.25, 0.3) is 0 Å². The van der Waals surface area contributed by atoms with Crippen LogP contribution in [0.1, 0.15) is 24.0 Å². The number of anilines is 1. The van der Waals surface area contributed by atoms with Crippen LogP contribution in [0.15, 0.2) is 23.4 Å². The normalized spacial score (nSPS) is 19.7. The fourth-order valence-electron chi connectivity index (χ4n) is 2.42. The van der Waals surface area contributed by atoms with Gasteiger partial charge in [0, 0.05) is 31.5 Å². The summed E-state index contributed by atoms with van der Waals surface area (Å²) in [5, 5.41) is 12.0.